The van der Waals surface area contributed by atoms with Crippen molar-refractivity contribution in [3.63, 3.8) is 0 Å². The van der Waals surface area contributed by atoms with Gasteiger partial charge in [0.05, 0.1) is 6.04 Å². The Bertz CT molecular complexity index is 965. The molecule has 5 nitrogen and oxygen atoms in total. The van der Waals surface area contributed by atoms with Crippen molar-refractivity contribution in [2.24, 2.45) is 5.92 Å². The van der Waals surface area contributed by atoms with E-state index in [1.54, 1.807) is 18.9 Å². The summed E-state index contributed by atoms with van der Waals surface area (Å²) in [6, 6.07) is 14.4. The van der Waals surface area contributed by atoms with Gasteiger partial charge in [-0.2, -0.15) is 0 Å². The van der Waals surface area contributed by atoms with Crippen LogP contribution in [-0.4, -0.2) is 47.9 Å². The maximum Gasteiger partial charge on any atom is 0.263 e. The summed E-state index contributed by atoms with van der Waals surface area (Å²) in [6.07, 6.45) is 2.27. The van der Waals surface area contributed by atoms with E-state index in [4.69, 9.17) is 4.74 Å². The SMILES string of the molecule is CCN(C)C(=O)[C@H](C)Oc1ccc2c(c1)[C@@H](c1ccc(C)cc1)N(C(=O)C1CC1)CC2. The average Bonchev–Trinajstić information content (AvgIpc) is 3.63. The Morgan fingerprint density at radius 3 is 2.52 bits per heavy atom. The lowest BCUT2D eigenvalue weighted by Crippen LogP contribution is -2.41. The molecule has 2 aromatic carbocycles. The molecule has 0 unspecified atom stereocenters. The Balaban J connectivity index is 1.68. The highest BCUT2D eigenvalue weighted by atomic mass is 16.5. The number of carbonyl (C=O) groups excluding carboxylic acids is 2. The largest absolute Gasteiger partial charge is 0.481 e. The first-order valence-electron chi connectivity index (χ1n) is 11.3. The van der Waals surface area contributed by atoms with Crippen LogP contribution in [-0.2, 0) is 16.0 Å². The zero-order valence-electron chi connectivity index (χ0n) is 18.9. The van der Waals surface area contributed by atoms with Crippen molar-refractivity contribution in [2.75, 3.05) is 20.1 Å². The predicted octanol–water partition coefficient (Wildman–Crippen LogP) is 4.12. The summed E-state index contributed by atoms with van der Waals surface area (Å²) in [5.41, 5.74) is 4.66. The van der Waals surface area contributed by atoms with Crippen molar-refractivity contribution < 1.29 is 14.3 Å². The van der Waals surface area contributed by atoms with E-state index in [2.05, 4.69) is 37.3 Å². The summed E-state index contributed by atoms with van der Waals surface area (Å²) in [4.78, 5) is 29.3. The number of carbonyl (C=O) groups is 2. The number of likely N-dealkylation sites (N-methyl/N-ethyl adjacent to an activating group) is 1. The summed E-state index contributed by atoms with van der Waals surface area (Å²) in [5, 5.41) is 0. The minimum Gasteiger partial charge on any atom is -0.481 e. The molecule has 1 saturated carbocycles. The van der Waals surface area contributed by atoms with Crippen LogP contribution in [0, 0.1) is 12.8 Å². The van der Waals surface area contributed by atoms with Crippen LogP contribution in [0.25, 0.3) is 0 Å². The van der Waals surface area contributed by atoms with Gasteiger partial charge in [-0.15, -0.1) is 0 Å². The molecular formula is C26H32N2O3. The molecule has 0 spiro atoms. The molecule has 0 radical (unpaired) electrons. The number of nitrogens with zero attached hydrogens (tertiary/aromatic N) is 2. The fourth-order valence-electron chi connectivity index (χ4n) is 4.30. The Morgan fingerprint density at radius 2 is 1.87 bits per heavy atom. The van der Waals surface area contributed by atoms with Crippen LogP contribution in [0.1, 0.15) is 55.0 Å². The third-order valence-corrected chi connectivity index (χ3v) is 6.46. The van der Waals surface area contributed by atoms with Crippen molar-refractivity contribution in [3.8, 4) is 5.75 Å². The summed E-state index contributed by atoms with van der Waals surface area (Å²) in [6.45, 7) is 7.18. The minimum absolute atomic E-state index is 0.0409. The number of rotatable bonds is 6. The van der Waals surface area contributed by atoms with Crippen LogP contribution in [0.2, 0.25) is 0 Å². The second kappa shape index (κ2) is 8.74. The van der Waals surface area contributed by atoms with Gasteiger partial charge in [0.1, 0.15) is 5.75 Å². The molecule has 0 bridgehead atoms. The third-order valence-electron chi connectivity index (χ3n) is 6.46. The molecule has 0 aromatic heterocycles. The van der Waals surface area contributed by atoms with Crippen LogP contribution in [0.15, 0.2) is 42.5 Å². The van der Waals surface area contributed by atoms with Gasteiger partial charge in [0.25, 0.3) is 5.91 Å². The monoisotopic (exact) mass is 420 g/mol. The lowest BCUT2D eigenvalue weighted by Gasteiger charge is -2.38. The van der Waals surface area contributed by atoms with Crippen molar-refractivity contribution in [2.45, 2.75) is 52.2 Å². The number of benzene rings is 2. The first kappa shape index (κ1) is 21.4. The van der Waals surface area contributed by atoms with Gasteiger partial charge in [0, 0.05) is 26.1 Å². The lowest BCUT2D eigenvalue weighted by molar-refractivity contribution is -0.136. The molecule has 0 N–H and O–H groups in total. The fourth-order valence-corrected chi connectivity index (χ4v) is 4.30. The van der Waals surface area contributed by atoms with Gasteiger partial charge < -0.3 is 14.5 Å². The molecule has 1 aliphatic carbocycles. The third kappa shape index (κ3) is 4.46. The van der Waals surface area contributed by atoms with Crippen LogP contribution < -0.4 is 4.74 Å². The first-order valence-corrected chi connectivity index (χ1v) is 11.3. The maximum absolute atomic E-state index is 13.1. The van der Waals surface area contributed by atoms with Crippen LogP contribution in [0.5, 0.6) is 5.75 Å². The average molecular weight is 421 g/mol. The van der Waals surface area contributed by atoms with E-state index in [1.165, 1.54) is 11.1 Å². The van der Waals surface area contributed by atoms with E-state index in [1.807, 2.05) is 24.0 Å². The molecule has 1 fully saturated rings. The quantitative estimate of drug-likeness (QED) is 0.706. The van der Waals surface area contributed by atoms with E-state index in [0.717, 1.165) is 36.9 Å². The smallest absolute Gasteiger partial charge is 0.263 e. The zero-order valence-corrected chi connectivity index (χ0v) is 18.9. The van der Waals surface area contributed by atoms with Crippen molar-refractivity contribution in [3.05, 3.63) is 64.7 Å². The van der Waals surface area contributed by atoms with Gasteiger partial charge in [-0.3, -0.25) is 9.59 Å². The van der Waals surface area contributed by atoms with Crippen LogP contribution >= 0.6 is 0 Å². The highest BCUT2D eigenvalue weighted by Gasteiger charge is 2.39. The standard InChI is InChI=1S/C26H32N2O3/c1-5-27(4)25(29)18(3)31-22-13-12-19-14-15-28(26(30)21-10-11-21)24(23(19)16-22)20-8-6-17(2)7-9-20/h6-9,12-13,16,18,21,24H,5,10-11,14-15H2,1-4H3/t18-,24+/m0/s1. The van der Waals surface area contributed by atoms with Gasteiger partial charge in [0.2, 0.25) is 5.91 Å². The fraction of sp³-hybridized carbons (Fsp3) is 0.462. The van der Waals surface area contributed by atoms with Crippen LogP contribution in [0.3, 0.4) is 0 Å². The number of ether oxygens (including phenoxy) is 1. The summed E-state index contributed by atoms with van der Waals surface area (Å²) in [5.74, 6) is 1.06. The van der Waals surface area contributed by atoms with E-state index in [9.17, 15) is 9.59 Å². The Labute approximate surface area is 185 Å². The molecule has 0 saturated heterocycles. The second-order valence-corrected chi connectivity index (χ2v) is 8.84. The maximum atomic E-state index is 13.1. The topological polar surface area (TPSA) is 49.9 Å². The van der Waals surface area contributed by atoms with Gasteiger partial charge in [0.15, 0.2) is 6.10 Å². The molecule has 2 aliphatic rings. The number of aryl methyl sites for hydroxylation is 1. The summed E-state index contributed by atoms with van der Waals surface area (Å²) in [7, 11) is 1.78. The Morgan fingerprint density at radius 1 is 1.16 bits per heavy atom. The van der Waals surface area contributed by atoms with Gasteiger partial charge in [-0.1, -0.05) is 35.9 Å². The van der Waals surface area contributed by atoms with Crippen LogP contribution in [0.4, 0.5) is 0 Å². The van der Waals surface area contributed by atoms with Crippen molar-refractivity contribution >= 4 is 11.8 Å². The van der Waals surface area contributed by atoms with E-state index >= 15 is 0 Å². The molecule has 2 aromatic rings. The highest BCUT2D eigenvalue weighted by molar-refractivity contribution is 5.82. The normalized spacial score (nSPS) is 18.8. The zero-order chi connectivity index (χ0) is 22.1. The van der Waals surface area contributed by atoms with Gasteiger partial charge in [-0.25, -0.2) is 0 Å². The summed E-state index contributed by atoms with van der Waals surface area (Å²) >= 11 is 0. The Hall–Kier alpha value is -2.82. The molecule has 4 rings (SSSR count). The lowest BCUT2D eigenvalue weighted by atomic mass is 9.87. The van der Waals surface area contributed by atoms with E-state index < -0.39 is 6.10 Å². The minimum atomic E-state index is -0.561. The van der Waals surface area contributed by atoms with Gasteiger partial charge in [-0.05, 0) is 68.9 Å². The molecule has 5 heteroatoms. The molecule has 1 heterocycles. The first-order chi connectivity index (χ1) is 14.9. The predicted molar refractivity (Wildman–Crippen MR) is 121 cm³/mol. The van der Waals surface area contributed by atoms with Crippen molar-refractivity contribution in [1.82, 2.24) is 9.80 Å². The molecule has 2 amide bonds. The summed E-state index contributed by atoms with van der Waals surface area (Å²) < 4.78 is 6.03. The molecular weight excluding hydrogens is 388 g/mol. The molecule has 2 atom stereocenters. The second-order valence-electron chi connectivity index (χ2n) is 8.84. The molecule has 164 valence electrons. The van der Waals surface area contributed by atoms with Gasteiger partial charge >= 0.3 is 0 Å². The molecule has 31 heavy (non-hydrogen) atoms. The highest BCUT2D eigenvalue weighted by Crippen LogP contribution is 2.41. The molecule has 1 aliphatic heterocycles. The number of amides is 2. The number of hydrogen-bond acceptors (Lipinski definition) is 3. The Kier molecular flexibility index (Phi) is 6.03. The van der Waals surface area contributed by atoms with E-state index in [-0.39, 0.29) is 23.8 Å². The number of hydrogen-bond donors (Lipinski definition) is 0. The van der Waals surface area contributed by atoms with Crippen molar-refractivity contribution in [1.29, 1.82) is 0 Å². The van der Waals surface area contributed by atoms with E-state index in [0.29, 0.717) is 12.3 Å². The number of fused-ring (bicyclic) bond motifs is 1.